The molecule has 0 bridgehead atoms. The highest BCUT2D eigenvalue weighted by molar-refractivity contribution is 5.72. The SMILES string of the molecule is CCn1nc(-c2nc(-c3cc(C)c(CC(=O)O)c(C)c3)no2)c2c1CC(C)(C)CC2. The highest BCUT2D eigenvalue weighted by atomic mass is 16.5. The first-order chi connectivity index (χ1) is 14.2. The van der Waals surface area contributed by atoms with E-state index in [4.69, 9.17) is 14.7 Å². The topological polar surface area (TPSA) is 94.0 Å². The molecule has 0 amide bonds. The quantitative estimate of drug-likeness (QED) is 0.673. The Morgan fingerprint density at radius 2 is 1.97 bits per heavy atom. The van der Waals surface area contributed by atoms with Crippen LogP contribution in [-0.2, 0) is 30.6 Å². The molecule has 0 spiro atoms. The Morgan fingerprint density at radius 3 is 2.60 bits per heavy atom. The zero-order valence-corrected chi connectivity index (χ0v) is 18.2. The normalized spacial score (nSPS) is 15.2. The van der Waals surface area contributed by atoms with Crippen molar-refractivity contribution in [3.8, 4) is 23.0 Å². The number of carbonyl (C=O) groups is 1. The molecular formula is C23H28N4O3. The van der Waals surface area contributed by atoms with Crippen LogP contribution in [0.1, 0.15) is 55.1 Å². The Hall–Kier alpha value is -2.96. The van der Waals surface area contributed by atoms with Crippen LogP contribution < -0.4 is 0 Å². The summed E-state index contributed by atoms with van der Waals surface area (Å²) < 4.78 is 7.68. The minimum Gasteiger partial charge on any atom is -0.481 e. The molecule has 158 valence electrons. The van der Waals surface area contributed by atoms with Gasteiger partial charge in [-0.1, -0.05) is 19.0 Å². The standard InChI is InChI=1S/C23H28N4O3/c1-6-27-18-12-23(4,5)8-7-16(18)20(25-27)22-24-21(26-30-22)15-9-13(2)17(11-19(28)29)14(3)10-15/h9-10H,6-8,11-12H2,1-5H3,(H,28,29). The lowest BCUT2D eigenvalue weighted by molar-refractivity contribution is -0.136. The van der Waals surface area contributed by atoms with Gasteiger partial charge in [0.25, 0.3) is 5.89 Å². The molecule has 3 aromatic rings. The van der Waals surface area contributed by atoms with E-state index in [9.17, 15) is 4.79 Å². The summed E-state index contributed by atoms with van der Waals surface area (Å²) in [5, 5.41) is 18.1. The third-order valence-corrected chi connectivity index (χ3v) is 6.07. The zero-order valence-electron chi connectivity index (χ0n) is 18.2. The molecule has 7 heteroatoms. The van der Waals surface area contributed by atoms with E-state index < -0.39 is 5.97 Å². The van der Waals surface area contributed by atoms with Crippen molar-refractivity contribution in [2.45, 2.75) is 66.8 Å². The lowest BCUT2D eigenvalue weighted by atomic mass is 9.76. The molecule has 0 radical (unpaired) electrons. The van der Waals surface area contributed by atoms with Crippen LogP contribution in [0.5, 0.6) is 0 Å². The molecule has 0 atom stereocenters. The van der Waals surface area contributed by atoms with Crippen molar-refractivity contribution >= 4 is 5.97 Å². The van der Waals surface area contributed by atoms with Gasteiger partial charge in [-0.2, -0.15) is 10.1 Å². The van der Waals surface area contributed by atoms with E-state index in [1.807, 2.05) is 26.0 Å². The molecule has 1 aliphatic carbocycles. The van der Waals surface area contributed by atoms with Gasteiger partial charge in [-0.05, 0) is 74.3 Å². The van der Waals surface area contributed by atoms with Gasteiger partial charge in [0, 0.05) is 23.4 Å². The van der Waals surface area contributed by atoms with E-state index in [2.05, 4.69) is 35.6 Å². The summed E-state index contributed by atoms with van der Waals surface area (Å²) in [5.74, 6) is 0.0994. The number of aryl methyl sites for hydroxylation is 3. The molecule has 0 saturated heterocycles. The second kappa shape index (κ2) is 7.38. The van der Waals surface area contributed by atoms with Gasteiger partial charge in [0.05, 0.1) is 6.42 Å². The summed E-state index contributed by atoms with van der Waals surface area (Å²) in [6.45, 7) is 11.3. The maximum Gasteiger partial charge on any atom is 0.307 e. The molecule has 30 heavy (non-hydrogen) atoms. The first kappa shape index (κ1) is 20.3. The molecule has 0 saturated carbocycles. The van der Waals surface area contributed by atoms with E-state index in [0.29, 0.717) is 11.7 Å². The molecule has 0 fully saturated rings. The van der Waals surface area contributed by atoms with Crippen molar-refractivity contribution in [3.63, 3.8) is 0 Å². The minimum absolute atomic E-state index is 0.00633. The second-order valence-corrected chi connectivity index (χ2v) is 9.01. The van der Waals surface area contributed by atoms with Gasteiger partial charge < -0.3 is 9.63 Å². The number of aromatic nitrogens is 4. The van der Waals surface area contributed by atoms with Crippen LogP contribution in [0.2, 0.25) is 0 Å². The molecule has 2 heterocycles. The predicted molar refractivity (Wildman–Crippen MR) is 113 cm³/mol. The highest BCUT2D eigenvalue weighted by Gasteiger charge is 2.32. The number of carboxylic acid groups (broad SMARTS) is 1. The van der Waals surface area contributed by atoms with Crippen LogP contribution in [-0.4, -0.2) is 31.0 Å². The van der Waals surface area contributed by atoms with Crippen LogP contribution in [0.15, 0.2) is 16.7 Å². The van der Waals surface area contributed by atoms with E-state index in [1.54, 1.807) is 0 Å². The summed E-state index contributed by atoms with van der Waals surface area (Å²) in [7, 11) is 0. The van der Waals surface area contributed by atoms with Gasteiger partial charge in [-0.15, -0.1) is 0 Å². The molecular weight excluding hydrogens is 380 g/mol. The number of benzene rings is 1. The van der Waals surface area contributed by atoms with Gasteiger partial charge in [-0.25, -0.2) is 0 Å². The Balaban J connectivity index is 1.71. The van der Waals surface area contributed by atoms with Crippen molar-refractivity contribution in [1.29, 1.82) is 0 Å². The van der Waals surface area contributed by atoms with Gasteiger partial charge in [0.2, 0.25) is 5.82 Å². The monoisotopic (exact) mass is 408 g/mol. The number of aliphatic carboxylic acids is 1. The van der Waals surface area contributed by atoms with Gasteiger partial charge in [0.1, 0.15) is 0 Å². The third-order valence-electron chi connectivity index (χ3n) is 6.07. The Morgan fingerprint density at radius 1 is 1.27 bits per heavy atom. The maximum absolute atomic E-state index is 11.1. The van der Waals surface area contributed by atoms with Gasteiger partial charge in [0.15, 0.2) is 5.69 Å². The van der Waals surface area contributed by atoms with Crippen molar-refractivity contribution in [3.05, 3.63) is 40.1 Å². The summed E-state index contributed by atoms with van der Waals surface area (Å²) in [5.41, 5.74) is 7.01. The Bertz CT molecular complexity index is 1100. The van der Waals surface area contributed by atoms with Crippen LogP contribution in [0.4, 0.5) is 0 Å². The first-order valence-corrected chi connectivity index (χ1v) is 10.4. The van der Waals surface area contributed by atoms with Crippen molar-refractivity contribution < 1.29 is 14.4 Å². The fraction of sp³-hybridized carbons (Fsp3) is 0.478. The van der Waals surface area contributed by atoms with Crippen LogP contribution >= 0.6 is 0 Å². The fourth-order valence-corrected chi connectivity index (χ4v) is 4.42. The number of carboxylic acids is 1. The first-order valence-electron chi connectivity index (χ1n) is 10.4. The predicted octanol–water partition coefficient (Wildman–Crippen LogP) is 4.38. The number of fused-ring (bicyclic) bond motifs is 1. The molecule has 1 aliphatic rings. The zero-order chi connectivity index (χ0) is 21.6. The summed E-state index contributed by atoms with van der Waals surface area (Å²) in [6, 6.07) is 3.84. The number of nitrogens with zero attached hydrogens (tertiary/aromatic N) is 4. The smallest absolute Gasteiger partial charge is 0.307 e. The third kappa shape index (κ3) is 3.64. The van der Waals surface area contributed by atoms with Crippen molar-refractivity contribution in [2.24, 2.45) is 5.41 Å². The molecule has 1 N–H and O–H groups in total. The van der Waals surface area contributed by atoms with Crippen LogP contribution in [0.25, 0.3) is 23.0 Å². The average molecular weight is 409 g/mol. The molecule has 2 aromatic heterocycles. The lowest BCUT2D eigenvalue weighted by Crippen LogP contribution is -2.24. The van der Waals surface area contributed by atoms with E-state index >= 15 is 0 Å². The van der Waals surface area contributed by atoms with Crippen molar-refractivity contribution in [2.75, 3.05) is 0 Å². The van der Waals surface area contributed by atoms with Gasteiger partial charge >= 0.3 is 5.97 Å². The van der Waals surface area contributed by atoms with E-state index in [1.165, 1.54) is 11.3 Å². The Labute approximate surface area is 176 Å². The van der Waals surface area contributed by atoms with Crippen LogP contribution in [0, 0.1) is 19.3 Å². The molecule has 4 rings (SSSR count). The number of rotatable bonds is 5. The number of hydrogen-bond acceptors (Lipinski definition) is 5. The largest absolute Gasteiger partial charge is 0.481 e. The highest BCUT2D eigenvalue weighted by Crippen LogP contribution is 2.39. The average Bonchev–Trinajstić information content (AvgIpc) is 3.27. The second-order valence-electron chi connectivity index (χ2n) is 9.01. The molecule has 0 unspecified atom stereocenters. The number of hydrogen-bond donors (Lipinski definition) is 1. The minimum atomic E-state index is -0.838. The van der Waals surface area contributed by atoms with Crippen LogP contribution in [0.3, 0.4) is 0 Å². The van der Waals surface area contributed by atoms with E-state index in [0.717, 1.165) is 53.8 Å². The molecule has 0 aliphatic heterocycles. The molecule has 7 nitrogen and oxygen atoms in total. The summed E-state index contributed by atoms with van der Waals surface area (Å²) in [4.78, 5) is 15.8. The summed E-state index contributed by atoms with van der Waals surface area (Å²) in [6.07, 6.45) is 3.06. The summed E-state index contributed by atoms with van der Waals surface area (Å²) >= 11 is 0. The fourth-order valence-electron chi connectivity index (χ4n) is 4.42. The van der Waals surface area contributed by atoms with E-state index in [-0.39, 0.29) is 11.8 Å². The lowest BCUT2D eigenvalue weighted by Gasteiger charge is -2.30. The molecule has 1 aromatic carbocycles. The Kier molecular flexibility index (Phi) is 5.00. The van der Waals surface area contributed by atoms with Crippen molar-refractivity contribution in [1.82, 2.24) is 19.9 Å². The maximum atomic E-state index is 11.1. The van der Waals surface area contributed by atoms with Gasteiger partial charge in [-0.3, -0.25) is 9.48 Å².